The van der Waals surface area contributed by atoms with E-state index in [-0.39, 0.29) is 17.5 Å². The molecule has 1 fully saturated rings. The predicted molar refractivity (Wildman–Crippen MR) is 109 cm³/mol. The molecule has 1 saturated carbocycles. The van der Waals surface area contributed by atoms with Crippen molar-refractivity contribution in [2.24, 2.45) is 5.92 Å². The van der Waals surface area contributed by atoms with Gasteiger partial charge >= 0.3 is 5.97 Å². The summed E-state index contributed by atoms with van der Waals surface area (Å²) in [5.74, 6) is -0.696. The summed E-state index contributed by atoms with van der Waals surface area (Å²) in [4.78, 5) is 26.7. The van der Waals surface area contributed by atoms with Gasteiger partial charge in [-0.3, -0.25) is 4.79 Å². The van der Waals surface area contributed by atoms with Crippen molar-refractivity contribution in [2.75, 3.05) is 19.0 Å². The Kier molecular flexibility index (Phi) is 7.62. The van der Waals surface area contributed by atoms with Crippen LogP contribution in [0.4, 0.5) is 5.69 Å². The van der Waals surface area contributed by atoms with Gasteiger partial charge in [0, 0.05) is 25.8 Å². The highest BCUT2D eigenvalue weighted by Gasteiger charge is 2.27. The number of hydrogen-bond donors (Lipinski definition) is 1. The molecule has 6 nitrogen and oxygen atoms in total. The molecule has 0 heterocycles. The molecule has 0 radical (unpaired) electrons. The monoisotopic (exact) mass is 383 g/mol. The van der Waals surface area contributed by atoms with E-state index in [1.165, 1.54) is 19.4 Å². The lowest BCUT2D eigenvalue weighted by atomic mass is 9.86. The maximum Gasteiger partial charge on any atom is 0.349 e. The number of esters is 1. The summed E-state index contributed by atoms with van der Waals surface area (Å²) in [6, 6.07) is 9.41. The number of nitrogens with one attached hydrogen (secondary N) is 1. The number of nitrogens with zero attached hydrogens (tertiary/aromatic N) is 2. The van der Waals surface area contributed by atoms with E-state index in [1.807, 2.05) is 49.3 Å². The molecule has 0 aliphatic heterocycles. The lowest BCUT2D eigenvalue weighted by molar-refractivity contribution is -0.151. The molecule has 28 heavy (non-hydrogen) atoms. The van der Waals surface area contributed by atoms with Gasteiger partial charge in [0.15, 0.2) is 6.10 Å². The molecule has 6 heteroatoms. The first kappa shape index (κ1) is 21.5. The fraction of sp³-hybridized carbons (Fsp3) is 0.500. The molecule has 2 rings (SSSR count). The summed E-state index contributed by atoms with van der Waals surface area (Å²) in [6.07, 6.45) is 4.83. The number of nitriles is 1. The predicted octanol–water partition coefficient (Wildman–Crippen LogP) is 3.29. The number of benzene rings is 1. The van der Waals surface area contributed by atoms with Crippen molar-refractivity contribution in [3.05, 3.63) is 35.4 Å². The van der Waals surface area contributed by atoms with E-state index in [9.17, 15) is 14.9 Å². The van der Waals surface area contributed by atoms with Gasteiger partial charge in [-0.05, 0) is 49.5 Å². The number of carbonyl (C=O) groups excluding carboxylic acids is 2. The van der Waals surface area contributed by atoms with Crippen molar-refractivity contribution in [3.63, 3.8) is 0 Å². The zero-order valence-corrected chi connectivity index (χ0v) is 17.1. The third kappa shape index (κ3) is 5.85. The third-order valence-corrected chi connectivity index (χ3v) is 5.15. The largest absolute Gasteiger partial charge is 0.448 e. The number of carbonyl (C=O) groups is 2. The fourth-order valence-electron chi connectivity index (χ4n) is 3.28. The van der Waals surface area contributed by atoms with E-state index in [2.05, 4.69) is 12.2 Å². The number of anilines is 1. The standard InChI is InChI=1S/C22H29N3O3/c1-15-7-5-6-8-20(15)24-21(26)16(2)28-22(27)18(14-23)13-17-9-11-19(12-10-17)25(3)4/h9-13,15-16,20H,5-8H2,1-4H3,(H,24,26)/b18-13+/t15-,16+,20-/m0/s1. The van der Waals surface area contributed by atoms with E-state index in [0.29, 0.717) is 11.5 Å². The second-order valence-corrected chi connectivity index (χ2v) is 7.58. The first-order chi connectivity index (χ1) is 13.3. The van der Waals surface area contributed by atoms with Crippen LogP contribution in [0.3, 0.4) is 0 Å². The van der Waals surface area contributed by atoms with E-state index >= 15 is 0 Å². The zero-order chi connectivity index (χ0) is 20.7. The number of rotatable bonds is 6. The molecule has 1 aliphatic carbocycles. The molecule has 150 valence electrons. The zero-order valence-electron chi connectivity index (χ0n) is 17.1. The molecule has 0 bridgehead atoms. The second kappa shape index (κ2) is 9.93. The molecule has 0 spiro atoms. The van der Waals surface area contributed by atoms with Crippen LogP contribution in [0.15, 0.2) is 29.8 Å². The normalized spacial score (nSPS) is 20.6. The van der Waals surface area contributed by atoms with Crippen molar-refractivity contribution in [1.29, 1.82) is 5.26 Å². The third-order valence-electron chi connectivity index (χ3n) is 5.15. The lowest BCUT2D eigenvalue weighted by Crippen LogP contribution is -2.46. The molecule has 0 aromatic heterocycles. The maximum absolute atomic E-state index is 12.4. The molecule has 0 unspecified atom stereocenters. The van der Waals surface area contributed by atoms with Crippen molar-refractivity contribution in [1.82, 2.24) is 5.32 Å². The van der Waals surface area contributed by atoms with Crippen molar-refractivity contribution >= 4 is 23.6 Å². The Morgan fingerprint density at radius 1 is 1.25 bits per heavy atom. The molecule has 3 atom stereocenters. The van der Waals surface area contributed by atoms with Gasteiger partial charge in [-0.25, -0.2) is 4.79 Å². The average molecular weight is 383 g/mol. The van der Waals surface area contributed by atoms with E-state index in [1.54, 1.807) is 0 Å². The van der Waals surface area contributed by atoms with Crippen LogP contribution in [-0.4, -0.2) is 38.1 Å². The van der Waals surface area contributed by atoms with E-state index in [4.69, 9.17) is 4.74 Å². The minimum atomic E-state index is -0.950. The van der Waals surface area contributed by atoms with Gasteiger partial charge in [0.05, 0.1) is 0 Å². The van der Waals surface area contributed by atoms with Gasteiger partial charge in [0.2, 0.25) is 0 Å². The van der Waals surface area contributed by atoms with Crippen LogP contribution in [0.1, 0.15) is 45.1 Å². The van der Waals surface area contributed by atoms with Crippen LogP contribution in [-0.2, 0) is 14.3 Å². The Hall–Kier alpha value is -2.81. The first-order valence-corrected chi connectivity index (χ1v) is 9.72. The van der Waals surface area contributed by atoms with Crippen LogP contribution >= 0.6 is 0 Å². The second-order valence-electron chi connectivity index (χ2n) is 7.58. The van der Waals surface area contributed by atoms with Crippen LogP contribution < -0.4 is 10.2 Å². The summed E-state index contributed by atoms with van der Waals surface area (Å²) in [7, 11) is 3.87. The summed E-state index contributed by atoms with van der Waals surface area (Å²) >= 11 is 0. The summed E-state index contributed by atoms with van der Waals surface area (Å²) in [5.41, 5.74) is 1.59. The first-order valence-electron chi connectivity index (χ1n) is 9.72. The van der Waals surface area contributed by atoms with Crippen LogP contribution in [0.5, 0.6) is 0 Å². The smallest absolute Gasteiger partial charge is 0.349 e. The van der Waals surface area contributed by atoms with E-state index in [0.717, 1.165) is 24.9 Å². The Morgan fingerprint density at radius 2 is 1.89 bits per heavy atom. The fourth-order valence-corrected chi connectivity index (χ4v) is 3.28. The molecule has 1 aromatic rings. The van der Waals surface area contributed by atoms with Crippen LogP contribution in [0, 0.1) is 17.2 Å². The highest BCUT2D eigenvalue weighted by molar-refractivity contribution is 5.99. The molecule has 0 saturated heterocycles. The SMILES string of the molecule is C[C@@H](OC(=O)/C(C#N)=C/c1ccc(N(C)C)cc1)C(=O)N[C@H]1CCCC[C@@H]1C. The highest BCUT2D eigenvalue weighted by Crippen LogP contribution is 2.24. The Labute approximate surface area is 167 Å². The van der Waals surface area contributed by atoms with Gasteiger partial charge in [0.25, 0.3) is 5.91 Å². The van der Waals surface area contributed by atoms with Crippen LogP contribution in [0.2, 0.25) is 0 Å². The van der Waals surface area contributed by atoms with Crippen LogP contribution in [0.25, 0.3) is 6.08 Å². The summed E-state index contributed by atoms with van der Waals surface area (Å²) < 4.78 is 5.23. The molecule has 1 aromatic carbocycles. The average Bonchev–Trinajstić information content (AvgIpc) is 2.67. The molecular formula is C22H29N3O3. The molecule has 1 amide bonds. The van der Waals surface area contributed by atoms with Gasteiger partial charge in [0.1, 0.15) is 11.6 Å². The number of ether oxygens (including phenoxy) is 1. The Balaban J connectivity index is 1.98. The van der Waals surface area contributed by atoms with Crippen molar-refractivity contribution < 1.29 is 14.3 Å². The van der Waals surface area contributed by atoms with Crippen molar-refractivity contribution in [3.8, 4) is 6.07 Å². The van der Waals surface area contributed by atoms with Gasteiger partial charge < -0.3 is 15.0 Å². The Morgan fingerprint density at radius 3 is 2.46 bits per heavy atom. The Bertz CT molecular complexity index is 762. The number of amides is 1. The van der Waals surface area contributed by atoms with Gasteiger partial charge in [-0.1, -0.05) is 31.9 Å². The molecule has 1 N–H and O–H groups in total. The van der Waals surface area contributed by atoms with Gasteiger partial charge in [-0.15, -0.1) is 0 Å². The molecular weight excluding hydrogens is 354 g/mol. The van der Waals surface area contributed by atoms with E-state index < -0.39 is 12.1 Å². The van der Waals surface area contributed by atoms with Gasteiger partial charge in [-0.2, -0.15) is 5.26 Å². The minimum Gasteiger partial charge on any atom is -0.448 e. The minimum absolute atomic E-state index is 0.114. The molecule has 1 aliphatic rings. The van der Waals surface area contributed by atoms with Crippen molar-refractivity contribution in [2.45, 2.75) is 51.7 Å². The summed E-state index contributed by atoms with van der Waals surface area (Å²) in [6.45, 7) is 3.65. The quantitative estimate of drug-likeness (QED) is 0.463. The topological polar surface area (TPSA) is 82.4 Å². The number of hydrogen-bond acceptors (Lipinski definition) is 5. The lowest BCUT2D eigenvalue weighted by Gasteiger charge is -2.30. The maximum atomic E-state index is 12.4. The summed E-state index contributed by atoms with van der Waals surface area (Å²) in [5, 5.41) is 12.3. The highest BCUT2D eigenvalue weighted by atomic mass is 16.5.